The number of rotatable bonds is 4. The highest BCUT2D eigenvalue weighted by Crippen LogP contribution is 2.31. The standard InChI is InChI=1S/C17H17NO4/c1-20-14-8-7-12(10-15(14)21-2)18-17(19)16-9-11-5-3-4-6-13(11)22-16/h3-8,10,16H,9H2,1-2H3,(H,18,19)/t16-/m0/s1. The molecule has 1 N–H and O–H groups in total. The van der Waals surface area contributed by atoms with Gasteiger partial charge in [-0.05, 0) is 23.8 Å². The molecule has 2 aromatic carbocycles. The number of carbonyl (C=O) groups is 1. The van der Waals surface area contributed by atoms with Crippen LogP contribution in [0.1, 0.15) is 5.56 Å². The number of hydrogen-bond acceptors (Lipinski definition) is 4. The first-order valence-corrected chi connectivity index (χ1v) is 6.98. The van der Waals surface area contributed by atoms with Crippen LogP contribution in [0.25, 0.3) is 0 Å². The van der Waals surface area contributed by atoms with Crippen LogP contribution in [0.15, 0.2) is 42.5 Å². The summed E-state index contributed by atoms with van der Waals surface area (Å²) < 4.78 is 16.1. The van der Waals surface area contributed by atoms with Crippen LogP contribution in [0.5, 0.6) is 17.2 Å². The molecule has 0 aliphatic carbocycles. The van der Waals surface area contributed by atoms with Gasteiger partial charge in [0.1, 0.15) is 5.75 Å². The molecule has 0 radical (unpaired) electrons. The average molecular weight is 299 g/mol. The second kappa shape index (κ2) is 5.97. The van der Waals surface area contributed by atoms with Crippen molar-refractivity contribution in [2.75, 3.05) is 19.5 Å². The molecule has 1 amide bonds. The predicted molar refractivity (Wildman–Crippen MR) is 82.7 cm³/mol. The lowest BCUT2D eigenvalue weighted by molar-refractivity contribution is -0.122. The zero-order valence-electron chi connectivity index (χ0n) is 12.5. The molecule has 5 nitrogen and oxygen atoms in total. The summed E-state index contributed by atoms with van der Waals surface area (Å²) in [5, 5.41) is 2.85. The fourth-order valence-electron chi connectivity index (χ4n) is 2.47. The van der Waals surface area contributed by atoms with E-state index in [1.807, 2.05) is 24.3 Å². The van der Waals surface area contributed by atoms with E-state index in [1.54, 1.807) is 32.4 Å². The van der Waals surface area contributed by atoms with Crippen LogP contribution in [0.3, 0.4) is 0 Å². The zero-order valence-corrected chi connectivity index (χ0v) is 12.5. The van der Waals surface area contributed by atoms with Gasteiger partial charge in [-0.2, -0.15) is 0 Å². The Hall–Kier alpha value is -2.69. The van der Waals surface area contributed by atoms with Gasteiger partial charge in [0.05, 0.1) is 14.2 Å². The predicted octanol–water partition coefficient (Wildman–Crippen LogP) is 2.65. The molecule has 0 bridgehead atoms. The molecule has 3 rings (SSSR count). The van der Waals surface area contributed by atoms with Gasteiger partial charge in [0.25, 0.3) is 5.91 Å². The summed E-state index contributed by atoms with van der Waals surface area (Å²) in [6.45, 7) is 0. The van der Waals surface area contributed by atoms with E-state index < -0.39 is 6.10 Å². The maximum Gasteiger partial charge on any atom is 0.265 e. The van der Waals surface area contributed by atoms with Gasteiger partial charge >= 0.3 is 0 Å². The van der Waals surface area contributed by atoms with E-state index in [9.17, 15) is 4.79 Å². The SMILES string of the molecule is COc1ccc(NC(=O)[C@@H]2Cc3ccccc3O2)cc1OC. The average Bonchev–Trinajstić information content (AvgIpc) is 2.99. The number of benzene rings is 2. The van der Waals surface area contributed by atoms with E-state index in [1.165, 1.54) is 0 Å². The van der Waals surface area contributed by atoms with Crippen LogP contribution < -0.4 is 19.5 Å². The number of hydrogen-bond donors (Lipinski definition) is 1. The van der Waals surface area contributed by atoms with Crippen molar-refractivity contribution in [2.45, 2.75) is 12.5 Å². The summed E-state index contributed by atoms with van der Waals surface area (Å²) >= 11 is 0. The minimum Gasteiger partial charge on any atom is -0.493 e. The molecule has 1 heterocycles. The van der Waals surface area contributed by atoms with E-state index in [4.69, 9.17) is 14.2 Å². The van der Waals surface area contributed by atoms with Crippen molar-refractivity contribution in [2.24, 2.45) is 0 Å². The molecule has 0 fully saturated rings. The summed E-state index contributed by atoms with van der Waals surface area (Å²) in [6.07, 6.45) is 0.0699. The van der Waals surface area contributed by atoms with E-state index in [-0.39, 0.29) is 5.91 Å². The van der Waals surface area contributed by atoms with Gasteiger partial charge in [-0.25, -0.2) is 0 Å². The Bertz CT molecular complexity index is 674. The van der Waals surface area contributed by atoms with E-state index in [0.717, 1.165) is 11.3 Å². The lowest BCUT2D eigenvalue weighted by atomic mass is 10.1. The highest BCUT2D eigenvalue weighted by atomic mass is 16.5. The van der Waals surface area contributed by atoms with E-state index in [0.29, 0.717) is 23.6 Å². The Kier molecular flexibility index (Phi) is 3.87. The summed E-state index contributed by atoms with van der Waals surface area (Å²) in [6, 6.07) is 12.9. The smallest absolute Gasteiger partial charge is 0.265 e. The number of methoxy groups -OCH3 is 2. The Morgan fingerprint density at radius 1 is 1.14 bits per heavy atom. The second-order valence-corrected chi connectivity index (χ2v) is 4.98. The third-order valence-corrected chi connectivity index (χ3v) is 3.59. The highest BCUT2D eigenvalue weighted by Gasteiger charge is 2.28. The molecule has 114 valence electrons. The van der Waals surface area contributed by atoms with E-state index in [2.05, 4.69) is 5.32 Å². The molecular weight excluding hydrogens is 282 g/mol. The van der Waals surface area contributed by atoms with Crippen LogP contribution in [-0.4, -0.2) is 26.2 Å². The molecule has 1 aliphatic heterocycles. The lowest BCUT2D eigenvalue weighted by Gasteiger charge is -2.13. The molecular formula is C17H17NO4. The van der Waals surface area contributed by atoms with E-state index >= 15 is 0 Å². The number of fused-ring (bicyclic) bond motifs is 1. The molecule has 0 spiro atoms. The molecule has 2 aromatic rings. The molecule has 1 atom stereocenters. The summed E-state index contributed by atoms with van der Waals surface area (Å²) in [5.74, 6) is 1.78. The summed E-state index contributed by atoms with van der Waals surface area (Å²) in [5.41, 5.74) is 1.69. The van der Waals surface area contributed by atoms with Crippen LogP contribution >= 0.6 is 0 Å². The number of nitrogens with one attached hydrogen (secondary N) is 1. The monoisotopic (exact) mass is 299 g/mol. The van der Waals surface area contributed by atoms with Gasteiger partial charge in [0.2, 0.25) is 0 Å². The summed E-state index contributed by atoms with van der Waals surface area (Å²) in [7, 11) is 3.12. The first-order chi connectivity index (χ1) is 10.7. The van der Waals surface area contributed by atoms with Crippen molar-refractivity contribution in [3.63, 3.8) is 0 Å². The Labute approximate surface area is 128 Å². The van der Waals surface area contributed by atoms with Gasteiger partial charge in [-0.15, -0.1) is 0 Å². The fourth-order valence-corrected chi connectivity index (χ4v) is 2.47. The highest BCUT2D eigenvalue weighted by molar-refractivity contribution is 5.95. The molecule has 0 aromatic heterocycles. The van der Waals surface area contributed by atoms with Crippen molar-refractivity contribution in [3.05, 3.63) is 48.0 Å². The minimum absolute atomic E-state index is 0.177. The van der Waals surface area contributed by atoms with Crippen LogP contribution in [0.2, 0.25) is 0 Å². The van der Waals surface area contributed by atoms with Crippen molar-refractivity contribution in [1.29, 1.82) is 0 Å². The largest absolute Gasteiger partial charge is 0.493 e. The quantitative estimate of drug-likeness (QED) is 0.943. The summed E-state index contributed by atoms with van der Waals surface area (Å²) in [4.78, 5) is 12.3. The molecule has 0 saturated heterocycles. The van der Waals surface area contributed by atoms with Gasteiger partial charge in [-0.1, -0.05) is 18.2 Å². The maximum absolute atomic E-state index is 12.3. The zero-order chi connectivity index (χ0) is 15.5. The Morgan fingerprint density at radius 2 is 1.91 bits per heavy atom. The van der Waals surface area contributed by atoms with Crippen molar-refractivity contribution < 1.29 is 19.0 Å². The Morgan fingerprint density at radius 3 is 2.64 bits per heavy atom. The topological polar surface area (TPSA) is 56.8 Å². The lowest BCUT2D eigenvalue weighted by Crippen LogP contribution is -2.31. The number of para-hydroxylation sites is 1. The van der Waals surface area contributed by atoms with Crippen LogP contribution in [0.4, 0.5) is 5.69 Å². The molecule has 5 heteroatoms. The number of anilines is 1. The molecule has 22 heavy (non-hydrogen) atoms. The maximum atomic E-state index is 12.3. The number of carbonyl (C=O) groups excluding carboxylic acids is 1. The van der Waals surface area contributed by atoms with Gasteiger partial charge in [-0.3, -0.25) is 4.79 Å². The third kappa shape index (κ3) is 2.70. The van der Waals surface area contributed by atoms with Gasteiger partial charge in [0.15, 0.2) is 17.6 Å². The normalized spacial score (nSPS) is 15.6. The fraction of sp³-hybridized carbons (Fsp3) is 0.235. The first kappa shape index (κ1) is 14.3. The minimum atomic E-state index is -0.509. The molecule has 1 aliphatic rings. The first-order valence-electron chi connectivity index (χ1n) is 6.98. The van der Waals surface area contributed by atoms with Crippen LogP contribution in [0, 0.1) is 0 Å². The second-order valence-electron chi connectivity index (χ2n) is 4.98. The molecule has 0 saturated carbocycles. The van der Waals surface area contributed by atoms with Crippen molar-refractivity contribution >= 4 is 11.6 Å². The third-order valence-electron chi connectivity index (χ3n) is 3.59. The van der Waals surface area contributed by atoms with Gasteiger partial charge < -0.3 is 19.5 Å². The molecule has 0 unspecified atom stereocenters. The Balaban J connectivity index is 1.71. The number of ether oxygens (including phenoxy) is 3. The number of amides is 1. The van der Waals surface area contributed by atoms with Gasteiger partial charge in [0, 0.05) is 18.2 Å². The van der Waals surface area contributed by atoms with Crippen LogP contribution in [-0.2, 0) is 11.2 Å². The van der Waals surface area contributed by atoms with Crippen molar-refractivity contribution in [1.82, 2.24) is 0 Å². The van der Waals surface area contributed by atoms with Crippen molar-refractivity contribution in [3.8, 4) is 17.2 Å².